The Labute approximate surface area is 88.6 Å². The van der Waals surface area contributed by atoms with E-state index in [1.807, 2.05) is 0 Å². The molecule has 1 amide bonds. The van der Waals surface area contributed by atoms with E-state index < -0.39 is 0 Å². The van der Waals surface area contributed by atoms with E-state index in [4.69, 9.17) is 0 Å². The van der Waals surface area contributed by atoms with E-state index >= 15 is 0 Å². The van der Waals surface area contributed by atoms with Crippen molar-refractivity contribution < 1.29 is 4.79 Å². The fraction of sp³-hybridized carbons (Fsp3) is 0.900. The number of carbonyl (C=O) groups is 1. The topological polar surface area (TPSA) is 29.1 Å². The van der Waals surface area contributed by atoms with E-state index in [-0.39, 0.29) is 5.91 Å². The number of rotatable bonds is 3. The van der Waals surface area contributed by atoms with Gasteiger partial charge in [0.05, 0.1) is 0 Å². The minimum Gasteiger partial charge on any atom is -0.356 e. The monoisotopic (exact) mass is 247 g/mol. The molecule has 1 fully saturated rings. The summed E-state index contributed by atoms with van der Waals surface area (Å²) in [5.41, 5.74) is 0. The van der Waals surface area contributed by atoms with Crippen LogP contribution in [0.2, 0.25) is 0 Å². The maximum atomic E-state index is 10.8. The highest BCUT2D eigenvalue weighted by atomic mass is 79.9. The number of carbonyl (C=O) groups excluding carboxylic acids is 1. The van der Waals surface area contributed by atoms with Crippen molar-refractivity contribution in [3.63, 3.8) is 0 Å². The Morgan fingerprint density at radius 1 is 1.38 bits per heavy atom. The summed E-state index contributed by atoms with van der Waals surface area (Å²) >= 11 is 3.55. The van der Waals surface area contributed by atoms with Crippen molar-refractivity contribution in [1.82, 2.24) is 5.32 Å². The zero-order valence-electron chi connectivity index (χ0n) is 8.18. The first kappa shape index (κ1) is 11.0. The summed E-state index contributed by atoms with van der Waals surface area (Å²) in [7, 11) is 0. The molecule has 1 rings (SSSR count). The number of hydrogen-bond acceptors (Lipinski definition) is 1. The minimum atomic E-state index is 0.0962. The Morgan fingerprint density at radius 3 is 2.54 bits per heavy atom. The molecule has 1 saturated carbocycles. The van der Waals surface area contributed by atoms with Gasteiger partial charge in [-0.3, -0.25) is 4.79 Å². The van der Waals surface area contributed by atoms with Crippen LogP contribution in [0, 0.1) is 11.8 Å². The highest BCUT2D eigenvalue weighted by Gasteiger charge is 2.23. The predicted octanol–water partition coefficient (Wildman–Crippen LogP) is 2.32. The van der Waals surface area contributed by atoms with Gasteiger partial charge in [-0.2, -0.15) is 0 Å². The Bertz CT molecular complexity index is 172. The first-order valence-corrected chi connectivity index (χ1v) is 6.16. The molecule has 0 aromatic rings. The molecule has 0 heterocycles. The average Bonchev–Trinajstić information content (AvgIpc) is 2.15. The molecule has 13 heavy (non-hydrogen) atoms. The Balaban J connectivity index is 2.31. The maximum absolute atomic E-state index is 10.8. The largest absolute Gasteiger partial charge is 0.356 e. The maximum Gasteiger partial charge on any atom is 0.216 e. The summed E-state index contributed by atoms with van der Waals surface area (Å²) in [6.45, 7) is 2.46. The molecule has 0 radical (unpaired) electrons. The number of halogens is 1. The molecule has 2 atom stereocenters. The van der Waals surface area contributed by atoms with Crippen molar-refractivity contribution in [3.8, 4) is 0 Å². The lowest BCUT2D eigenvalue weighted by molar-refractivity contribution is -0.119. The van der Waals surface area contributed by atoms with Gasteiger partial charge in [-0.25, -0.2) is 0 Å². The second kappa shape index (κ2) is 5.63. The van der Waals surface area contributed by atoms with Gasteiger partial charge in [-0.05, 0) is 24.7 Å². The number of nitrogens with one attached hydrogen (secondary N) is 1. The summed E-state index contributed by atoms with van der Waals surface area (Å²) < 4.78 is 0. The normalized spacial score (nSPS) is 28.5. The molecule has 0 aliphatic heterocycles. The zero-order valence-corrected chi connectivity index (χ0v) is 9.77. The lowest BCUT2D eigenvalue weighted by Gasteiger charge is -2.30. The number of hydrogen-bond donors (Lipinski definition) is 1. The van der Waals surface area contributed by atoms with Crippen LogP contribution in [0.25, 0.3) is 0 Å². The third-order valence-corrected chi connectivity index (χ3v) is 3.71. The Morgan fingerprint density at radius 2 is 2.00 bits per heavy atom. The van der Waals surface area contributed by atoms with Crippen LogP contribution in [-0.4, -0.2) is 17.8 Å². The van der Waals surface area contributed by atoms with Crippen LogP contribution in [0.5, 0.6) is 0 Å². The Kier molecular flexibility index (Phi) is 4.78. The SMILES string of the molecule is CC(=O)NCC1CCCCC1CBr. The lowest BCUT2D eigenvalue weighted by atomic mass is 9.80. The fourth-order valence-electron chi connectivity index (χ4n) is 2.03. The summed E-state index contributed by atoms with van der Waals surface area (Å²) in [4.78, 5) is 10.8. The fourth-order valence-corrected chi connectivity index (χ4v) is 2.88. The van der Waals surface area contributed by atoms with Crippen LogP contribution < -0.4 is 5.32 Å². The molecule has 0 spiro atoms. The van der Waals surface area contributed by atoms with E-state index in [2.05, 4.69) is 21.2 Å². The number of alkyl halides is 1. The summed E-state index contributed by atoms with van der Waals surface area (Å²) in [5, 5.41) is 4.00. The molecule has 0 aromatic heterocycles. The molecular formula is C10H18BrNO. The van der Waals surface area contributed by atoms with Crippen molar-refractivity contribution in [3.05, 3.63) is 0 Å². The van der Waals surface area contributed by atoms with E-state index in [0.29, 0.717) is 5.92 Å². The molecule has 76 valence electrons. The van der Waals surface area contributed by atoms with Crippen molar-refractivity contribution in [2.75, 3.05) is 11.9 Å². The van der Waals surface area contributed by atoms with E-state index in [9.17, 15) is 4.79 Å². The van der Waals surface area contributed by atoms with Gasteiger partial charge < -0.3 is 5.32 Å². The van der Waals surface area contributed by atoms with E-state index in [1.165, 1.54) is 25.7 Å². The van der Waals surface area contributed by atoms with Crippen molar-refractivity contribution in [2.24, 2.45) is 11.8 Å². The van der Waals surface area contributed by atoms with Crippen molar-refractivity contribution in [1.29, 1.82) is 0 Å². The highest BCUT2D eigenvalue weighted by molar-refractivity contribution is 9.09. The quantitative estimate of drug-likeness (QED) is 0.763. The van der Waals surface area contributed by atoms with Crippen LogP contribution in [0.4, 0.5) is 0 Å². The molecule has 0 saturated heterocycles. The molecule has 1 N–H and O–H groups in total. The van der Waals surface area contributed by atoms with Gasteiger partial charge in [-0.15, -0.1) is 0 Å². The van der Waals surface area contributed by atoms with Crippen LogP contribution in [0.15, 0.2) is 0 Å². The molecule has 3 heteroatoms. The third-order valence-electron chi connectivity index (χ3n) is 2.88. The summed E-state index contributed by atoms with van der Waals surface area (Å²) in [6, 6.07) is 0. The average molecular weight is 248 g/mol. The molecule has 1 aliphatic rings. The second-order valence-corrected chi connectivity index (χ2v) is 4.54. The van der Waals surface area contributed by atoms with Gasteiger partial charge in [0, 0.05) is 18.8 Å². The van der Waals surface area contributed by atoms with Crippen LogP contribution in [-0.2, 0) is 4.79 Å². The van der Waals surface area contributed by atoms with E-state index in [1.54, 1.807) is 6.92 Å². The van der Waals surface area contributed by atoms with Gasteiger partial charge >= 0.3 is 0 Å². The minimum absolute atomic E-state index is 0.0962. The van der Waals surface area contributed by atoms with Gasteiger partial charge in [-0.1, -0.05) is 28.8 Å². The predicted molar refractivity (Wildman–Crippen MR) is 57.9 cm³/mol. The standard InChI is InChI=1S/C10H18BrNO/c1-8(13)12-7-10-5-3-2-4-9(10)6-11/h9-10H,2-7H2,1H3,(H,12,13). The van der Waals surface area contributed by atoms with Crippen LogP contribution in [0.1, 0.15) is 32.6 Å². The van der Waals surface area contributed by atoms with Gasteiger partial charge in [0.15, 0.2) is 0 Å². The molecule has 0 aromatic carbocycles. The first-order chi connectivity index (χ1) is 6.24. The van der Waals surface area contributed by atoms with Crippen molar-refractivity contribution in [2.45, 2.75) is 32.6 Å². The molecule has 2 unspecified atom stereocenters. The second-order valence-electron chi connectivity index (χ2n) is 3.90. The molecular weight excluding hydrogens is 230 g/mol. The Hall–Kier alpha value is -0.0500. The van der Waals surface area contributed by atoms with Gasteiger partial charge in [0.1, 0.15) is 0 Å². The molecule has 0 bridgehead atoms. The highest BCUT2D eigenvalue weighted by Crippen LogP contribution is 2.30. The molecule has 2 nitrogen and oxygen atoms in total. The van der Waals surface area contributed by atoms with Gasteiger partial charge in [0.2, 0.25) is 5.91 Å². The van der Waals surface area contributed by atoms with Crippen LogP contribution >= 0.6 is 15.9 Å². The van der Waals surface area contributed by atoms with Gasteiger partial charge in [0.25, 0.3) is 0 Å². The smallest absolute Gasteiger partial charge is 0.216 e. The zero-order chi connectivity index (χ0) is 9.68. The van der Waals surface area contributed by atoms with Crippen LogP contribution in [0.3, 0.4) is 0 Å². The third kappa shape index (κ3) is 3.67. The first-order valence-electron chi connectivity index (χ1n) is 5.04. The summed E-state index contributed by atoms with van der Waals surface area (Å²) in [5.74, 6) is 1.55. The lowest BCUT2D eigenvalue weighted by Crippen LogP contribution is -2.33. The summed E-state index contributed by atoms with van der Waals surface area (Å²) in [6.07, 6.45) is 5.27. The molecule has 1 aliphatic carbocycles. The number of amides is 1. The van der Waals surface area contributed by atoms with Crippen molar-refractivity contribution >= 4 is 21.8 Å². The van der Waals surface area contributed by atoms with E-state index in [0.717, 1.165) is 17.8 Å².